The molecule has 0 saturated heterocycles. The second kappa shape index (κ2) is 7.58. The molecule has 0 radical (unpaired) electrons. The molecule has 0 bridgehead atoms. The number of amides is 1. The molecule has 1 fully saturated rings. The smallest absolute Gasteiger partial charge is 0.326 e. The van der Waals surface area contributed by atoms with Gasteiger partial charge < -0.3 is 9.47 Å². The summed E-state index contributed by atoms with van der Waals surface area (Å²) in [7, 11) is 0. The Morgan fingerprint density at radius 3 is 2.50 bits per heavy atom. The number of anilines is 1. The molecule has 5 nitrogen and oxygen atoms in total. The fraction of sp³-hybridized carbons (Fsp3) is 0.636. The van der Waals surface area contributed by atoms with Crippen LogP contribution in [-0.4, -0.2) is 30.1 Å². The van der Waals surface area contributed by atoms with Crippen molar-refractivity contribution in [2.45, 2.75) is 72.0 Å². The maximum absolute atomic E-state index is 12.9. The van der Waals surface area contributed by atoms with E-state index in [2.05, 4.69) is 20.8 Å². The van der Waals surface area contributed by atoms with Crippen LogP contribution in [0.1, 0.15) is 60.3 Å². The first-order chi connectivity index (χ1) is 13.0. The van der Waals surface area contributed by atoms with Crippen LogP contribution >= 0.6 is 11.6 Å². The first-order valence-electron chi connectivity index (χ1n) is 9.97. The highest BCUT2D eigenvalue weighted by Crippen LogP contribution is 2.40. The predicted octanol–water partition coefficient (Wildman–Crippen LogP) is 4.99. The monoisotopic (exact) mass is 407 g/mol. The van der Waals surface area contributed by atoms with Gasteiger partial charge in [0, 0.05) is 5.02 Å². The largest absolute Gasteiger partial charge is 0.476 e. The number of esters is 1. The average molecular weight is 408 g/mol. The lowest BCUT2D eigenvalue weighted by Crippen LogP contribution is -2.54. The average Bonchev–Trinajstić information content (AvgIpc) is 2.59. The topological polar surface area (TPSA) is 55.8 Å². The van der Waals surface area contributed by atoms with Crippen molar-refractivity contribution in [1.82, 2.24) is 0 Å². The zero-order chi connectivity index (χ0) is 20.7. The fourth-order valence-electron chi connectivity index (χ4n) is 4.10. The summed E-state index contributed by atoms with van der Waals surface area (Å²) in [6.45, 7) is 10.0. The Kier molecular flexibility index (Phi) is 5.68. The van der Waals surface area contributed by atoms with Gasteiger partial charge in [-0.15, -0.1) is 0 Å². The van der Waals surface area contributed by atoms with Crippen LogP contribution in [0.3, 0.4) is 0 Å². The minimum absolute atomic E-state index is 0.0749. The number of benzene rings is 1. The third-order valence-electron chi connectivity index (χ3n) is 5.82. The molecule has 6 heteroatoms. The van der Waals surface area contributed by atoms with Crippen LogP contribution in [0.2, 0.25) is 5.02 Å². The molecular formula is C22H30ClNO4. The van der Waals surface area contributed by atoms with E-state index in [1.165, 1.54) is 4.90 Å². The number of hydrogen-bond donors (Lipinski definition) is 0. The Morgan fingerprint density at radius 1 is 1.25 bits per heavy atom. The van der Waals surface area contributed by atoms with Crippen molar-refractivity contribution in [3.05, 3.63) is 23.2 Å². The Hall–Kier alpha value is -1.75. The van der Waals surface area contributed by atoms with Crippen molar-refractivity contribution in [1.29, 1.82) is 0 Å². The highest BCUT2D eigenvalue weighted by molar-refractivity contribution is 6.31. The van der Waals surface area contributed by atoms with Crippen LogP contribution in [0.5, 0.6) is 5.75 Å². The Labute approximate surface area is 172 Å². The van der Waals surface area contributed by atoms with Crippen LogP contribution in [0.15, 0.2) is 18.2 Å². The lowest BCUT2D eigenvalue weighted by atomic mass is 9.72. The zero-order valence-electron chi connectivity index (χ0n) is 17.4. The van der Waals surface area contributed by atoms with Crippen molar-refractivity contribution >= 4 is 29.2 Å². The Morgan fingerprint density at radius 2 is 1.89 bits per heavy atom. The number of rotatable bonds is 3. The summed E-state index contributed by atoms with van der Waals surface area (Å²) in [5.41, 5.74) is -0.263. The van der Waals surface area contributed by atoms with E-state index in [9.17, 15) is 9.59 Å². The number of fused-ring (bicyclic) bond motifs is 1. The molecule has 1 heterocycles. The van der Waals surface area contributed by atoms with E-state index in [4.69, 9.17) is 21.1 Å². The van der Waals surface area contributed by atoms with Crippen molar-refractivity contribution < 1.29 is 19.1 Å². The SMILES string of the molecule is CC1(C)Oc2ccc(Cl)cc2N(CC(=O)OC2CCC(C(C)(C)C)CC2)C1=O. The number of halogens is 1. The van der Waals surface area contributed by atoms with E-state index in [0.717, 1.165) is 25.7 Å². The van der Waals surface area contributed by atoms with Gasteiger partial charge in [-0.25, -0.2) is 0 Å². The number of carbonyl (C=O) groups excluding carboxylic acids is 2. The molecule has 1 saturated carbocycles. The van der Waals surface area contributed by atoms with Crippen LogP contribution < -0.4 is 9.64 Å². The molecule has 1 aliphatic heterocycles. The minimum Gasteiger partial charge on any atom is -0.476 e. The Bertz CT molecular complexity index is 760. The summed E-state index contributed by atoms with van der Waals surface area (Å²) in [4.78, 5) is 26.9. The van der Waals surface area contributed by atoms with E-state index in [1.54, 1.807) is 32.0 Å². The molecule has 1 aromatic rings. The van der Waals surface area contributed by atoms with Gasteiger partial charge in [-0.1, -0.05) is 32.4 Å². The van der Waals surface area contributed by atoms with Gasteiger partial charge in [0.2, 0.25) is 0 Å². The molecule has 0 N–H and O–H groups in total. The molecule has 0 unspecified atom stereocenters. The fourth-order valence-corrected chi connectivity index (χ4v) is 4.26. The van der Waals surface area contributed by atoms with Gasteiger partial charge in [-0.2, -0.15) is 0 Å². The molecule has 1 aromatic carbocycles. The normalized spacial score (nSPS) is 24.4. The quantitative estimate of drug-likeness (QED) is 0.662. The molecule has 1 aliphatic carbocycles. The van der Waals surface area contributed by atoms with Gasteiger partial charge in [0.15, 0.2) is 5.60 Å². The van der Waals surface area contributed by atoms with Crippen LogP contribution in [-0.2, 0) is 14.3 Å². The molecule has 0 aromatic heterocycles. The summed E-state index contributed by atoms with van der Waals surface area (Å²) < 4.78 is 11.5. The number of carbonyl (C=O) groups is 2. The maximum Gasteiger partial charge on any atom is 0.326 e. The van der Waals surface area contributed by atoms with Crippen LogP contribution in [0.25, 0.3) is 0 Å². The summed E-state index contributed by atoms with van der Waals surface area (Å²) in [6, 6.07) is 5.07. The summed E-state index contributed by atoms with van der Waals surface area (Å²) in [6.07, 6.45) is 3.79. The highest BCUT2D eigenvalue weighted by atomic mass is 35.5. The van der Waals surface area contributed by atoms with Gasteiger partial charge in [-0.3, -0.25) is 14.5 Å². The van der Waals surface area contributed by atoms with Gasteiger partial charge in [0.1, 0.15) is 18.4 Å². The van der Waals surface area contributed by atoms with E-state index in [1.807, 2.05) is 0 Å². The molecule has 2 aliphatic rings. The van der Waals surface area contributed by atoms with Crippen molar-refractivity contribution in [2.75, 3.05) is 11.4 Å². The van der Waals surface area contributed by atoms with E-state index in [0.29, 0.717) is 22.4 Å². The summed E-state index contributed by atoms with van der Waals surface area (Å²) in [5.74, 6) is 0.511. The summed E-state index contributed by atoms with van der Waals surface area (Å²) >= 11 is 6.09. The van der Waals surface area contributed by atoms with Crippen molar-refractivity contribution in [3.8, 4) is 5.75 Å². The van der Waals surface area contributed by atoms with E-state index in [-0.39, 0.29) is 24.0 Å². The lowest BCUT2D eigenvalue weighted by molar-refractivity contribution is -0.151. The second-order valence-corrected chi connectivity index (χ2v) is 9.88. The van der Waals surface area contributed by atoms with Gasteiger partial charge in [0.25, 0.3) is 5.91 Å². The summed E-state index contributed by atoms with van der Waals surface area (Å²) in [5, 5.41) is 0.480. The van der Waals surface area contributed by atoms with Gasteiger partial charge in [0.05, 0.1) is 5.69 Å². The highest BCUT2D eigenvalue weighted by Gasteiger charge is 2.42. The first-order valence-corrected chi connectivity index (χ1v) is 10.3. The van der Waals surface area contributed by atoms with Gasteiger partial charge >= 0.3 is 5.97 Å². The second-order valence-electron chi connectivity index (χ2n) is 9.45. The molecule has 154 valence electrons. The van der Waals surface area contributed by atoms with Crippen molar-refractivity contribution in [2.24, 2.45) is 11.3 Å². The van der Waals surface area contributed by atoms with E-state index < -0.39 is 11.6 Å². The van der Waals surface area contributed by atoms with Gasteiger partial charge in [-0.05, 0) is 69.1 Å². The predicted molar refractivity (Wildman–Crippen MR) is 110 cm³/mol. The molecule has 28 heavy (non-hydrogen) atoms. The molecule has 0 spiro atoms. The maximum atomic E-state index is 12.9. The standard InChI is InChI=1S/C22H30ClNO4/c1-21(2,3)14-6-9-16(10-7-14)27-19(25)13-24-17-12-15(23)8-11-18(17)28-22(4,5)20(24)26/h8,11-12,14,16H,6-7,9-10,13H2,1-5H3. The number of ether oxygens (including phenoxy) is 2. The molecular weight excluding hydrogens is 378 g/mol. The van der Waals surface area contributed by atoms with E-state index >= 15 is 0 Å². The third-order valence-corrected chi connectivity index (χ3v) is 6.06. The molecule has 3 rings (SSSR count). The third kappa shape index (κ3) is 4.45. The number of hydrogen-bond acceptors (Lipinski definition) is 4. The van der Waals surface area contributed by atoms with Crippen LogP contribution in [0, 0.1) is 11.3 Å². The lowest BCUT2D eigenvalue weighted by Gasteiger charge is -2.39. The number of nitrogens with zero attached hydrogens (tertiary/aromatic N) is 1. The van der Waals surface area contributed by atoms with Crippen molar-refractivity contribution in [3.63, 3.8) is 0 Å². The Balaban J connectivity index is 1.67. The minimum atomic E-state index is -1.05. The molecule has 1 amide bonds. The zero-order valence-corrected chi connectivity index (χ0v) is 18.1. The van der Waals surface area contributed by atoms with Crippen LogP contribution in [0.4, 0.5) is 5.69 Å². The molecule has 0 atom stereocenters. The first kappa shape index (κ1) is 21.0.